The Morgan fingerprint density at radius 1 is 1.04 bits per heavy atom. The van der Waals surface area contributed by atoms with Crippen LogP contribution in [0.5, 0.6) is 11.5 Å². The summed E-state index contributed by atoms with van der Waals surface area (Å²) >= 11 is 0. The molecule has 0 aliphatic heterocycles. The van der Waals surface area contributed by atoms with Gasteiger partial charge in [0.05, 0.1) is 20.8 Å². The van der Waals surface area contributed by atoms with Crippen molar-refractivity contribution in [1.29, 1.82) is 0 Å². The predicted octanol–water partition coefficient (Wildman–Crippen LogP) is 2.68. The number of nitrogens with zero attached hydrogens (tertiary/aromatic N) is 1. The first-order valence-corrected chi connectivity index (χ1v) is 8.72. The van der Waals surface area contributed by atoms with Gasteiger partial charge in [-0.2, -0.15) is 0 Å². The summed E-state index contributed by atoms with van der Waals surface area (Å²) in [5, 5.41) is 2.84. The van der Waals surface area contributed by atoms with E-state index in [0.717, 1.165) is 16.7 Å². The number of carbonyl (C=O) groups excluding carboxylic acids is 2. The molecule has 2 rings (SSSR count). The average molecular weight is 370 g/mol. The number of aryl methyl sites for hydroxylation is 1. The average Bonchev–Trinajstić information content (AvgIpc) is 2.67. The van der Waals surface area contributed by atoms with Gasteiger partial charge >= 0.3 is 0 Å². The lowest BCUT2D eigenvalue weighted by Crippen LogP contribution is -2.39. The highest BCUT2D eigenvalue weighted by molar-refractivity contribution is 5.83. The molecule has 0 aliphatic carbocycles. The number of benzene rings is 2. The number of rotatable bonds is 8. The van der Waals surface area contributed by atoms with Crippen LogP contribution in [0, 0.1) is 6.92 Å². The molecule has 2 aromatic rings. The maximum Gasteiger partial charge on any atom is 0.239 e. The quantitative estimate of drug-likeness (QED) is 0.776. The first-order chi connectivity index (χ1) is 12.9. The second kappa shape index (κ2) is 9.62. The van der Waals surface area contributed by atoms with E-state index in [1.165, 1.54) is 11.8 Å². The van der Waals surface area contributed by atoms with Gasteiger partial charge in [0.25, 0.3) is 0 Å². The number of methoxy groups -OCH3 is 2. The van der Waals surface area contributed by atoms with Crippen LogP contribution in [0.3, 0.4) is 0 Å². The molecule has 6 heteroatoms. The topological polar surface area (TPSA) is 67.9 Å². The first-order valence-electron chi connectivity index (χ1n) is 8.72. The van der Waals surface area contributed by atoms with E-state index < -0.39 is 0 Å². The molecule has 0 saturated carbocycles. The van der Waals surface area contributed by atoms with Gasteiger partial charge in [-0.3, -0.25) is 9.59 Å². The number of ether oxygens (including phenoxy) is 2. The van der Waals surface area contributed by atoms with Crippen molar-refractivity contribution in [2.24, 2.45) is 0 Å². The molecule has 2 amide bonds. The molecule has 1 N–H and O–H groups in total. The summed E-state index contributed by atoms with van der Waals surface area (Å²) in [6, 6.07) is 13.3. The number of carbonyl (C=O) groups is 2. The molecule has 0 heterocycles. The van der Waals surface area contributed by atoms with Crippen LogP contribution in [0.15, 0.2) is 42.5 Å². The molecule has 27 heavy (non-hydrogen) atoms. The second-order valence-electron chi connectivity index (χ2n) is 6.27. The maximum absolute atomic E-state index is 12.3. The SMILES string of the molecule is COc1ccc(CNC(=O)CN(Cc2ccccc2C)C(C)=O)cc1OC. The van der Waals surface area contributed by atoms with Gasteiger partial charge in [-0.15, -0.1) is 0 Å². The van der Waals surface area contributed by atoms with Crippen molar-refractivity contribution in [3.05, 3.63) is 59.2 Å². The summed E-state index contributed by atoms with van der Waals surface area (Å²) in [7, 11) is 3.14. The zero-order valence-electron chi connectivity index (χ0n) is 16.2. The highest BCUT2D eigenvalue weighted by atomic mass is 16.5. The van der Waals surface area contributed by atoms with Crippen LogP contribution < -0.4 is 14.8 Å². The number of amides is 2. The molecule has 0 bridgehead atoms. The van der Waals surface area contributed by atoms with Gasteiger partial charge < -0.3 is 19.7 Å². The third kappa shape index (κ3) is 5.74. The third-order valence-electron chi connectivity index (χ3n) is 4.34. The zero-order valence-corrected chi connectivity index (χ0v) is 16.2. The Balaban J connectivity index is 1.96. The molecule has 0 saturated heterocycles. The van der Waals surface area contributed by atoms with Crippen molar-refractivity contribution in [1.82, 2.24) is 10.2 Å². The van der Waals surface area contributed by atoms with Crippen LogP contribution in [0.2, 0.25) is 0 Å². The Kier molecular flexibility index (Phi) is 7.23. The smallest absolute Gasteiger partial charge is 0.239 e. The van der Waals surface area contributed by atoms with Crippen molar-refractivity contribution in [2.75, 3.05) is 20.8 Å². The Morgan fingerprint density at radius 2 is 1.74 bits per heavy atom. The molecular weight excluding hydrogens is 344 g/mol. The molecule has 0 atom stereocenters. The van der Waals surface area contributed by atoms with Crippen LogP contribution in [-0.2, 0) is 22.7 Å². The summed E-state index contributed by atoms with van der Waals surface area (Å²) in [6.45, 7) is 4.22. The van der Waals surface area contributed by atoms with Crippen molar-refractivity contribution in [2.45, 2.75) is 26.9 Å². The fraction of sp³-hybridized carbons (Fsp3) is 0.333. The van der Waals surface area contributed by atoms with Gasteiger partial charge in [0.2, 0.25) is 11.8 Å². The first kappa shape index (κ1) is 20.3. The van der Waals surface area contributed by atoms with Crippen molar-refractivity contribution < 1.29 is 19.1 Å². The van der Waals surface area contributed by atoms with E-state index in [0.29, 0.717) is 24.6 Å². The van der Waals surface area contributed by atoms with E-state index in [2.05, 4.69) is 5.32 Å². The summed E-state index contributed by atoms with van der Waals surface area (Å²) in [5.41, 5.74) is 3.00. The Bertz CT molecular complexity index is 805. The molecule has 0 fully saturated rings. The minimum absolute atomic E-state index is 0.0109. The minimum Gasteiger partial charge on any atom is -0.493 e. The van der Waals surface area contributed by atoms with E-state index in [1.54, 1.807) is 20.3 Å². The van der Waals surface area contributed by atoms with Crippen LogP contribution >= 0.6 is 0 Å². The Morgan fingerprint density at radius 3 is 2.37 bits per heavy atom. The predicted molar refractivity (Wildman–Crippen MR) is 104 cm³/mol. The van der Waals surface area contributed by atoms with Crippen LogP contribution in [0.25, 0.3) is 0 Å². The molecule has 0 unspecified atom stereocenters. The van der Waals surface area contributed by atoms with Gasteiger partial charge in [-0.05, 0) is 35.7 Å². The summed E-state index contributed by atoms with van der Waals surface area (Å²) in [5.74, 6) is 0.885. The Hall–Kier alpha value is -3.02. The lowest BCUT2D eigenvalue weighted by molar-refractivity contribution is -0.135. The van der Waals surface area contributed by atoms with Gasteiger partial charge in [-0.1, -0.05) is 30.3 Å². The van der Waals surface area contributed by atoms with Crippen LogP contribution in [-0.4, -0.2) is 37.5 Å². The molecule has 6 nitrogen and oxygen atoms in total. The minimum atomic E-state index is -0.214. The molecule has 2 aromatic carbocycles. The van der Waals surface area contributed by atoms with Gasteiger partial charge in [0.15, 0.2) is 11.5 Å². The van der Waals surface area contributed by atoms with E-state index in [9.17, 15) is 9.59 Å². The number of hydrogen-bond acceptors (Lipinski definition) is 4. The monoisotopic (exact) mass is 370 g/mol. The summed E-state index contributed by atoms with van der Waals surface area (Å²) < 4.78 is 10.5. The van der Waals surface area contributed by atoms with Gasteiger partial charge in [-0.25, -0.2) is 0 Å². The largest absolute Gasteiger partial charge is 0.493 e. The van der Waals surface area contributed by atoms with E-state index >= 15 is 0 Å². The third-order valence-corrected chi connectivity index (χ3v) is 4.34. The van der Waals surface area contributed by atoms with Crippen LogP contribution in [0.4, 0.5) is 0 Å². The van der Waals surface area contributed by atoms with Gasteiger partial charge in [0, 0.05) is 20.0 Å². The van der Waals surface area contributed by atoms with Crippen molar-refractivity contribution in [3.63, 3.8) is 0 Å². The molecular formula is C21H26N2O4. The molecule has 0 spiro atoms. The van der Waals surface area contributed by atoms with Crippen molar-refractivity contribution >= 4 is 11.8 Å². The van der Waals surface area contributed by atoms with E-state index in [4.69, 9.17) is 9.47 Å². The lowest BCUT2D eigenvalue weighted by atomic mass is 10.1. The normalized spacial score (nSPS) is 10.2. The number of nitrogens with one attached hydrogen (secondary N) is 1. The zero-order chi connectivity index (χ0) is 19.8. The van der Waals surface area contributed by atoms with E-state index in [1.807, 2.05) is 43.3 Å². The van der Waals surface area contributed by atoms with Crippen LogP contribution in [0.1, 0.15) is 23.6 Å². The highest BCUT2D eigenvalue weighted by Gasteiger charge is 2.15. The summed E-state index contributed by atoms with van der Waals surface area (Å²) in [4.78, 5) is 25.8. The summed E-state index contributed by atoms with van der Waals surface area (Å²) in [6.07, 6.45) is 0. The second-order valence-corrected chi connectivity index (χ2v) is 6.27. The molecule has 144 valence electrons. The van der Waals surface area contributed by atoms with Crippen molar-refractivity contribution in [3.8, 4) is 11.5 Å². The highest BCUT2D eigenvalue weighted by Crippen LogP contribution is 2.27. The lowest BCUT2D eigenvalue weighted by Gasteiger charge is -2.21. The van der Waals surface area contributed by atoms with E-state index in [-0.39, 0.29) is 18.4 Å². The fourth-order valence-corrected chi connectivity index (χ4v) is 2.69. The molecule has 0 aliphatic rings. The molecule has 0 aromatic heterocycles. The maximum atomic E-state index is 12.3. The molecule has 0 radical (unpaired) electrons. The number of hydrogen-bond donors (Lipinski definition) is 1. The standard InChI is InChI=1S/C21H26N2O4/c1-15-7-5-6-8-18(15)13-23(16(2)24)14-21(25)22-12-17-9-10-19(26-3)20(11-17)27-4/h5-11H,12-14H2,1-4H3,(H,22,25). The van der Waals surface area contributed by atoms with Gasteiger partial charge in [0.1, 0.15) is 0 Å². The fourth-order valence-electron chi connectivity index (χ4n) is 2.69. The Labute approximate surface area is 160 Å².